The molecule has 0 saturated carbocycles. The number of likely N-dealkylation sites (tertiary alicyclic amines) is 1. The van der Waals surface area contributed by atoms with Crippen molar-refractivity contribution in [3.8, 4) is 0 Å². The molecule has 1 atom stereocenters. The lowest BCUT2D eigenvalue weighted by molar-refractivity contribution is -0.384. The molecule has 0 radical (unpaired) electrons. The molecule has 1 unspecified atom stereocenters. The van der Waals surface area contributed by atoms with Gasteiger partial charge in [-0.3, -0.25) is 10.1 Å². The van der Waals surface area contributed by atoms with Crippen molar-refractivity contribution in [2.75, 3.05) is 39.1 Å². The third-order valence-electron chi connectivity index (χ3n) is 3.77. The van der Waals surface area contributed by atoms with Gasteiger partial charge in [-0.1, -0.05) is 0 Å². The van der Waals surface area contributed by atoms with E-state index in [4.69, 9.17) is 0 Å². The number of ether oxygens (including phenoxy) is 1. The van der Waals surface area contributed by atoms with E-state index in [9.17, 15) is 14.9 Å². The molecule has 22 heavy (non-hydrogen) atoms. The smallest absolute Gasteiger partial charge is 0.339 e. The summed E-state index contributed by atoms with van der Waals surface area (Å²) < 4.78 is 4.55. The first-order valence-corrected chi connectivity index (χ1v) is 7.16. The molecule has 1 saturated heterocycles. The maximum absolute atomic E-state index is 11.4. The number of carbonyl (C=O) groups excluding carboxylic acids is 1. The predicted molar refractivity (Wildman–Crippen MR) is 80.9 cm³/mol. The largest absolute Gasteiger partial charge is 0.465 e. The molecular weight excluding hydrogens is 288 g/mol. The van der Waals surface area contributed by atoms with Crippen molar-refractivity contribution in [3.05, 3.63) is 27.9 Å². The molecule has 120 valence electrons. The molecule has 1 aromatic rings. The van der Waals surface area contributed by atoms with Gasteiger partial charge in [0.2, 0.25) is 5.82 Å². The number of rotatable bonds is 5. The molecule has 2 rings (SSSR count). The molecule has 8 nitrogen and oxygen atoms in total. The first kappa shape index (κ1) is 16.2. The molecule has 8 heteroatoms. The highest BCUT2D eigenvalue weighted by Gasteiger charge is 2.22. The summed E-state index contributed by atoms with van der Waals surface area (Å²) in [5.41, 5.74) is -0.149. The van der Waals surface area contributed by atoms with E-state index in [-0.39, 0.29) is 17.1 Å². The number of nitrogens with zero attached hydrogens (tertiary/aromatic N) is 3. The van der Waals surface area contributed by atoms with E-state index in [1.807, 2.05) is 0 Å². The Kier molecular flexibility index (Phi) is 5.26. The number of pyridine rings is 1. The van der Waals surface area contributed by atoms with Crippen molar-refractivity contribution in [3.63, 3.8) is 0 Å². The van der Waals surface area contributed by atoms with Gasteiger partial charge < -0.3 is 15.0 Å². The monoisotopic (exact) mass is 308 g/mol. The van der Waals surface area contributed by atoms with Gasteiger partial charge in [-0.15, -0.1) is 0 Å². The van der Waals surface area contributed by atoms with Gasteiger partial charge in [0.05, 0.1) is 17.6 Å². The van der Waals surface area contributed by atoms with E-state index >= 15 is 0 Å². The van der Waals surface area contributed by atoms with Crippen LogP contribution in [-0.4, -0.2) is 54.6 Å². The fraction of sp³-hybridized carbons (Fsp3) is 0.571. The van der Waals surface area contributed by atoms with Gasteiger partial charge in [-0.2, -0.15) is 0 Å². The van der Waals surface area contributed by atoms with Gasteiger partial charge in [0.1, 0.15) is 0 Å². The standard InChI is InChI=1S/C14H20N4O4/c1-17-5-3-4-10(9-17)7-15-13-12(18(20)21)6-11(8-16-13)14(19)22-2/h6,8,10H,3-5,7,9H2,1-2H3,(H,15,16). The van der Waals surface area contributed by atoms with Crippen molar-refractivity contribution in [1.82, 2.24) is 9.88 Å². The SMILES string of the molecule is COC(=O)c1cnc(NCC2CCCN(C)C2)c([N+](=O)[O-])c1. The predicted octanol–water partition coefficient (Wildman–Crippen LogP) is 1.53. The van der Waals surface area contributed by atoms with Crippen LogP contribution in [0.5, 0.6) is 0 Å². The zero-order valence-electron chi connectivity index (χ0n) is 12.7. The average Bonchev–Trinajstić information content (AvgIpc) is 2.52. The van der Waals surface area contributed by atoms with Gasteiger partial charge in [-0.25, -0.2) is 9.78 Å². The summed E-state index contributed by atoms with van der Waals surface area (Å²) in [6, 6.07) is 1.19. The Labute approximate surface area is 128 Å². The number of anilines is 1. The van der Waals surface area contributed by atoms with E-state index in [2.05, 4.69) is 27.0 Å². The van der Waals surface area contributed by atoms with Crippen LogP contribution in [0.4, 0.5) is 11.5 Å². The Balaban J connectivity index is 2.09. The van der Waals surface area contributed by atoms with Crippen molar-refractivity contribution in [2.24, 2.45) is 5.92 Å². The Morgan fingerprint density at radius 3 is 3.05 bits per heavy atom. The van der Waals surface area contributed by atoms with Crippen LogP contribution in [-0.2, 0) is 4.74 Å². The molecule has 1 aliphatic rings. The molecule has 1 aliphatic heterocycles. The minimum absolute atomic E-state index is 0.0668. The average molecular weight is 308 g/mol. The highest BCUT2D eigenvalue weighted by molar-refractivity contribution is 5.90. The summed E-state index contributed by atoms with van der Waals surface area (Å²) in [6.07, 6.45) is 3.50. The number of piperidine rings is 1. The first-order valence-electron chi connectivity index (χ1n) is 7.16. The Morgan fingerprint density at radius 2 is 2.41 bits per heavy atom. The van der Waals surface area contributed by atoms with Crippen LogP contribution in [0.2, 0.25) is 0 Å². The molecule has 1 aromatic heterocycles. The summed E-state index contributed by atoms with van der Waals surface area (Å²) >= 11 is 0. The van der Waals surface area contributed by atoms with Crippen LogP contribution in [0, 0.1) is 16.0 Å². The van der Waals surface area contributed by atoms with Gasteiger partial charge in [-0.05, 0) is 32.4 Å². The number of aromatic nitrogens is 1. The molecule has 0 bridgehead atoms. The van der Waals surface area contributed by atoms with E-state index < -0.39 is 10.9 Å². The van der Waals surface area contributed by atoms with Gasteiger partial charge >= 0.3 is 11.7 Å². The molecule has 0 aromatic carbocycles. The summed E-state index contributed by atoms with van der Waals surface area (Å²) in [5, 5.41) is 14.2. The highest BCUT2D eigenvalue weighted by atomic mass is 16.6. The Hall–Kier alpha value is -2.22. The van der Waals surface area contributed by atoms with Crippen LogP contribution < -0.4 is 5.32 Å². The summed E-state index contributed by atoms with van der Waals surface area (Å²) in [4.78, 5) is 28.3. The minimum atomic E-state index is -0.643. The van der Waals surface area contributed by atoms with Crippen LogP contribution in [0.15, 0.2) is 12.3 Å². The second-order valence-corrected chi connectivity index (χ2v) is 5.49. The Morgan fingerprint density at radius 1 is 1.64 bits per heavy atom. The molecule has 0 amide bonds. The lowest BCUT2D eigenvalue weighted by Crippen LogP contribution is -2.35. The van der Waals surface area contributed by atoms with E-state index in [1.165, 1.54) is 19.4 Å². The maximum Gasteiger partial charge on any atom is 0.339 e. The summed E-state index contributed by atoms with van der Waals surface area (Å²) in [7, 11) is 3.29. The number of hydrogen-bond acceptors (Lipinski definition) is 7. The van der Waals surface area contributed by atoms with Crippen LogP contribution in [0.25, 0.3) is 0 Å². The molecule has 1 N–H and O–H groups in total. The molecule has 0 spiro atoms. The molecule has 1 fully saturated rings. The fourth-order valence-corrected chi connectivity index (χ4v) is 2.64. The van der Waals surface area contributed by atoms with Gasteiger partial charge in [0, 0.05) is 25.4 Å². The lowest BCUT2D eigenvalue weighted by atomic mass is 9.98. The number of methoxy groups -OCH3 is 1. The third-order valence-corrected chi connectivity index (χ3v) is 3.77. The number of nitro groups is 1. The van der Waals surface area contributed by atoms with Gasteiger partial charge in [0.25, 0.3) is 0 Å². The topological polar surface area (TPSA) is 97.6 Å². The van der Waals surface area contributed by atoms with Crippen LogP contribution in [0.1, 0.15) is 23.2 Å². The quantitative estimate of drug-likeness (QED) is 0.500. The second kappa shape index (κ2) is 7.17. The first-order chi connectivity index (χ1) is 10.5. The second-order valence-electron chi connectivity index (χ2n) is 5.49. The van der Waals surface area contributed by atoms with E-state index in [0.717, 1.165) is 25.9 Å². The molecular formula is C14H20N4O4. The maximum atomic E-state index is 11.4. The zero-order chi connectivity index (χ0) is 16.1. The molecule has 2 heterocycles. The highest BCUT2D eigenvalue weighted by Crippen LogP contribution is 2.24. The number of esters is 1. The number of hydrogen-bond donors (Lipinski definition) is 1. The van der Waals surface area contributed by atoms with Crippen molar-refractivity contribution >= 4 is 17.5 Å². The molecule has 0 aliphatic carbocycles. The zero-order valence-corrected chi connectivity index (χ0v) is 12.7. The van der Waals surface area contributed by atoms with Crippen molar-refractivity contribution < 1.29 is 14.5 Å². The minimum Gasteiger partial charge on any atom is -0.465 e. The van der Waals surface area contributed by atoms with Crippen molar-refractivity contribution in [1.29, 1.82) is 0 Å². The lowest BCUT2D eigenvalue weighted by Gasteiger charge is -2.29. The Bertz CT molecular complexity index is 564. The third kappa shape index (κ3) is 3.91. The number of carbonyl (C=O) groups is 1. The summed E-state index contributed by atoms with van der Waals surface area (Å²) in [6.45, 7) is 2.67. The fourth-order valence-electron chi connectivity index (χ4n) is 2.64. The normalized spacial score (nSPS) is 18.7. The van der Waals surface area contributed by atoms with Gasteiger partial charge in [0.15, 0.2) is 0 Å². The van der Waals surface area contributed by atoms with Crippen LogP contribution in [0.3, 0.4) is 0 Å². The summed E-state index contributed by atoms with van der Waals surface area (Å²) in [5.74, 6) is -0.0256. The van der Waals surface area contributed by atoms with E-state index in [0.29, 0.717) is 12.5 Å². The van der Waals surface area contributed by atoms with Crippen molar-refractivity contribution in [2.45, 2.75) is 12.8 Å². The van der Waals surface area contributed by atoms with E-state index in [1.54, 1.807) is 0 Å². The number of nitrogens with one attached hydrogen (secondary N) is 1. The van der Waals surface area contributed by atoms with Crippen LogP contribution >= 0.6 is 0 Å².